The van der Waals surface area contributed by atoms with Crippen LogP contribution >= 0.6 is 37.2 Å². The summed E-state index contributed by atoms with van der Waals surface area (Å²) in [5.74, 6) is 0. The average molecular weight is 416 g/mol. The smallest absolute Gasteiger partial charge is 0.00268 e. The Morgan fingerprint density at radius 1 is 0.296 bits per heavy atom. The minimum absolute atomic E-state index is 0. The summed E-state index contributed by atoms with van der Waals surface area (Å²) in [5, 5.41) is 0. The Bertz CT molecular complexity index is 879. The largest absolute Gasteiger partial charge is 0.147 e. The van der Waals surface area contributed by atoms with Crippen LogP contribution < -0.4 is 0 Å². The Hall–Kier alpha value is -2.25. The lowest BCUT2D eigenvalue weighted by Crippen LogP contribution is -1.90. The summed E-state index contributed by atoms with van der Waals surface area (Å²) in [6.07, 6.45) is 0. The zero-order chi connectivity index (χ0) is 16.2. The summed E-state index contributed by atoms with van der Waals surface area (Å²) >= 11 is 0. The van der Waals surface area contributed by atoms with Gasteiger partial charge in [0.1, 0.15) is 0 Å². The molecule has 138 valence electrons. The lowest BCUT2D eigenvalue weighted by atomic mass is 9.88. The molecule has 0 aliphatic carbocycles. The topological polar surface area (TPSA) is 0 Å². The maximum absolute atomic E-state index is 2.21. The van der Waals surface area contributed by atoms with Crippen LogP contribution in [0.3, 0.4) is 0 Å². The van der Waals surface area contributed by atoms with Crippen LogP contribution in [-0.4, -0.2) is 0 Å². The Morgan fingerprint density at radius 2 is 0.630 bits per heavy atom. The third-order valence-corrected chi connectivity index (χ3v) is 4.30. The molecule has 0 spiro atoms. The van der Waals surface area contributed by atoms with Gasteiger partial charge in [-0.05, 0) is 33.4 Å². The van der Waals surface area contributed by atoms with E-state index >= 15 is 0 Å². The summed E-state index contributed by atoms with van der Waals surface area (Å²) < 4.78 is 0. The first-order chi connectivity index (χ1) is 11.9. The van der Waals surface area contributed by atoms with Gasteiger partial charge in [0, 0.05) is 0 Å². The summed E-state index contributed by atoms with van der Waals surface area (Å²) in [4.78, 5) is 0. The number of halogens is 3. The second-order valence-corrected chi connectivity index (χ2v) is 5.83. The zero-order valence-corrected chi connectivity index (χ0v) is 17.1. The van der Waals surface area contributed by atoms with Gasteiger partial charge in [-0.2, -0.15) is 0 Å². The zero-order valence-electron chi connectivity index (χ0n) is 14.6. The number of benzene rings is 4. The Balaban J connectivity index is 0.00000121. The van der Waals surface area contributed by atoms with Gasteiger partial charge in [-0.15, -0.1) is 37.2 Å². The molecule has 0 fully saturated rings. The van der Waals surface area contributed by atoms with Gasteiger partial charge in [0.15, 0.2) is 0 Å². The van der Waals surface area contributed by atoms with E-state index in [1.807, 2.05) is 0 Å². The first kappa shape index (κ1) is 22.8. The molecule has 0 heterocycles. The molecule has 4 rings (SSSR count). The van der Waals surface area contributed by atoms with E-state index in [-0.39, 0.29) is 37.2 Å². The van der Waals surface area contributed by atoms with E-state index in [1.165, 1.54) is 33.4 Å². The molecule has 0 unspecified atom stereocenters. The van der Waals surface area contributed by atoms with Crippen LogP contribution in [-0.2, 0) is 0 Å². The van der Waals surface area contributed by atoms with Crippen molar-refractivity contribution in [2.45, 2.75) is 0 Å². The van der Waals surface area contributed by atoms with Gasteiger partial charge < -0.3 is 0 Å². The molecule has 4 aromatic rings. The monoisotopic (exact) mass is 414 g/mol. The van der Waals surface area contributed by atoms with Crippen molar-refractivity contribution >= 4 is 37.2 Å². The van der Waals surface area contributed by atoms with Crippen LogP contribution in [0.4, 0.5) is 0 Å². The molecule has 0 radical (unpaired) electrons. The lowest BCUT2D eigenvalue weighted by molar-refractivity contribution is 1.56. The molecular weight excluding hydrogens is 395 g/mol. The summed E-state index contributed by atoms with van der Waals surface area (Å²) in [7, 11) is 0. The van der Waals surface area contributed by atoms with Crippen LogP contribution in [0.5, 0.6) is 0 Å². The molecule has 0 saturated heterocycles. The molecule has 0 atom stereocenters. The molecule has 4 aromatic carbocycles. The molecule has 0 aliphatic rings. The van der Waals surface area contributed by atoms with Crippen molar-refractivity contribution in [3.63, 3.8) is 0 Å². The van der Waals surface area contributed by atoms with E-state index in [9.17, 15) is 0 Å². The van der Waals surface area contributed by atoms with Crippen molar-refractivity contribution in [2.24, 2.45) is 0 Å². The number of hydrogen-bond donors (Lipinski definition) is 0. The van der Waals surface area contributed by atoms with Gasteiger partial charge in [0.25, 0.3) is 0 Å². The van der Waals surface area contributed by atoms with E-state index in [4.69, 9.17) is 0 Å². The van der Waals surface area contributed by atoms with Gasteiger partial charge in [0.05, 0.1) is 0 Å². The molecule has 0 aromatic heterocycles. The van der Waals surface area contributed by atoms with Gasteiger partial charge in [-0.3, -0.25) is 0 Å². The summed E-state index contributed by atoms with van der Waals surface area (Å²) in [5.41, 5.74) is 7.56. The van der Waals surface area contributed by atoms with Crippen molar-refractivity contribution in [3.05, 3.63) is 109 Å². The van der Waals surface area contributed by atoms with Crippen LogP contribution in [0.1, 0.15) is 0 Å². The maximum atomic E-state index is 2.21. The molecule has 0 amide bonds. The first-order valence-corrected chi connectivity index (χ1v) is 8.23. The molecule has 0 nitrogen and oxygen atoms in total. The number of rotatable bonds is 3. The third-order valence-electron chi connectivity index (χ3n) is 4.30. The van der Waals surface area contributed by atoms with Crippen molar-refractivity contribution in [1.82, 2.24) is 0 Å². The van der Waals surface area contributed by atoms with Gasteiger partial charge in [0.2, 0.25) is 0 Å². The van der Waals surface area contributed by atoms with Crippen molar-refractivity contribution < 1.29 is 0 Å². The maximum Gasteiger partial charge on any atom is -0.00268 e. The quantitative estimate of drug-likeness (QED) is 0.318. The summed E-state index contributed by atoms with van der Waals surface area (Å²) in [6, 6.07) is 38.4. The van der Waals surface area contributed by atoms with E-state index in [0.717, 1.165) is 0 Å². The molecule has 0 bridgehead atoms. The molecule has 27 heavy (non-hydrogen) atoms. The second kappa shape index (κ2) is 10.8. The lowest BCUT2D eigenvalue weighted by Gasteiger charge is -2.16. The third kappa shape index (κ3) is 4.93. The Kier molecular flexibility index (Phi) is 9.11. The van der Waals surface area contributed by atoms with Crippen molar-refractivity contribution in [2.75, 3.05) is 0 Å². The summed E-state index contributed by atoms with van der Waals surface area (Å²) in [6.45, 7) is 0. The molecule has 0 aliphatic heterocycles. The normalized spacial score (nSPS) is 9.33. The van der Waals surface area contributed by atoms with Crippen LogP contribution in [0.15, 0.2) is 109 Å². The molecule has 0 N–H and O–H groups in total. The van der Waals surface area contributed by atoms with E-state index < -0.39 is 0 Å². The fourth-order valence-corrected chi connectivity index (χ4v) is 3.18. The minimum Gasteiger partial charge on any atom is -0.147 e. The van der Waals surface area contributed by atoms with Crippen molar-refractivity contribution in [1.29, 1.82) is 0 Å². The molecule has 0 saturated carbocycles. The highest BCUT2D eigenvalue weighted by Crippen LogP contribution is 2.39. The fourth-order valence-electron chi connectivity index (χ4n) is 3.18. The number of hydrogen-bond acceptors (Lipinski definition) is 0. The van der Waals surface area contributed by atoms with Crippen LogP contribution in [0.2, 0.25) is 0 Å². The van der Waals surface area contributed by atoms with E-state index in [1.54, 1.807) is 0 Å². The van der Waals surface area contributed by atoms with E-state index in [2.05, 4.69) is 109 Å². The predicted molar refractivity (Wildman–Crippen MR) is 124 cm³/mol. The average Bonchev–Trinajstić information content (AvgIpc) is 2.69. The standard InChI is InChI=1S/C24H18.3ClH/c1-4-11-19(12-5-1)22-17-10-18-23(20-13-6-2-7-14-20)24(22)21-15-8-3-9-16-21;;;/h1-18H;3*1H. The highest BCUT2D eigenvalue weighted by molar-refractivity contribution is 5.94. The van der Waals surface area contributed by atoms with Gasteiger partial charge in [-0.1, -0.05) is 109 Å². The molecular formula is C24H21Cl3. The minimum atomic E-state index is 0. The highest BCUT2D eigenvalue weighted by Gasteiger charge is 2.13. The van der Waals surface area contributed by atoms with Gasteiger partial charge >= 0.3 is 0 Å². The highest BCUT2D eigenvalue weighted by atomic mass is 35.5. The SMILES string of the molecule is Cl.Cl.Cl.c1ccc(-c2cccc(-c3ccccc3)c2-c2ccccc2)cc1. The molecule has 3 heteroatoms. The first-order valence-electron chi connectivity index (χ1n) is 8.23. The second-order valence-electron chi connectivity index (χ2n) is 5.83. The fraction of sp³-hybridized carbons (Fsp3) is 0. The Morgan fingerprint density at radius 3 is 1.00 bits per heavy atom. The van der Waals surface area contributed by atoms with Crippen LogP contribution in [0.25, 0.3) is 33.4 Å². The van der Waals surface area contributed by atoms with E-state index in [0.29, 0.717) is 0 Å². The van der Waals surface area contributed by atoms with Crippen molar-refractivity contribution in [3.8, 4) is 33.4 Å². The Labute approximate surface area is 179 Å². The van der Waals surface area contributed by atoms with Crippen LogP contribution in [0, 0.1) is 0 Å². The predicted octanol–water partition coefficient (Wildman–Crippen LogP) is 7.95. The van der Waals surface area contributed by atoms with Gasteiger partial charge in [-0.25, -0.2) is 0 Å².